The highest BCUT2D eigenvalue weighted by molar-refractivity contribution is 6.39. The average molecular weight is 458 g/mol. The monoisotopic (exact) mass is 457 g/mol. The van der Waals surface area contributed by atoms with Crippen LogP contribution in [0, 0.1) is 0 Å². The Balaban J connectivity index is 1.96. The molecule has 31 heavy (non-hydrogen) atoms. The van der Waals surface area contributed by atoms with Crippen LogP contribution in [0.15, 0.2) is 47.8 Å². The fourth-order valence-corrected chi connectivity index (χ4v) is 3.72. The number of hydrogen-bond donors (Lipinski definition) is 1. The number of aryl methyl sites for hydroxylation is 1. The van der Waals surface area contributed by atoms with Gasteiger partial charge in [-0.25, -0.2) is 9.98 Å². The molecule has 3 heterocycles. The van der Waals surface area contributed by atoms with Crippen molar-refractivity contribution in [1.29, 1.82) is 0 Å². The molecular weight excluding hydrogens is 437 g/mol. The van der Waals surface area contributed by atoms with Crippen molar-refractivity contribution in [2.75, 3.05) is 20.7 Å². The molecule has 0 bridgehead atoms. The molecule has 0 amide bonds. The number of benzene rings is 1. The van der Waals surface area contributed by atoms with Gasteiger partial charge in [0.2, 0.25) is 0 Å². The van der Waals surface area contributed by atoms with Gasteiger partial charge in [-0.05, 0) is 31.3 Å². The van der Waals surface area contributed by atoms with Gasteiger partial charge in [0.1, 0.15) is 27.5 Å². The number of halogens is 2. The van der Waals surface area contributed by atoms with Gasteiger partial charge in [0, 0.05) is 31.9 Å². The molecule has 0 aliphatic heterocycles. The summed E-state index contributed by atoms with van der Waals surface area (Å²) in [5, 5.41) is 8.18. The maximum absolute atomic E-state index is 6.48. The van der Waals surface area contributed by atoms with Gasteiger partial charge in [0.05, 0.1) is 30.2 Å². The number of methoxy groups -OCH3 is 1. The molecule has 0 unspecified atom stereocenters. The molecule has 0 saturated heterocycles. The topological polar surface area (TPSA) is 82.1 Å². The van der Waals surface area contributed by atoms with Crippen molar-refractivity contribution in [1.82, 2.24) is 29.6 Å². The number of ether oxygens (including phenoxy) is 1. The highest BCUT2D eigenvalue weighted by atomic mass is 35.5. The van der Waals surface area contributed by atoms with Crippen LogP contribution in [0.4, 0.5) is 5.69 Å². The fraction of sp³-hybridized carbons (Fsp3) is 0.238. The quantitative estimate of drug-likeness (QED) is 0.478. The number of aromatic nitrogens is 5. The molecule has 0 fully saturated rings. The zero-order valence-corrected chi connectivity index (χ0v) is 18.8. The van der Waals surface area contributed by atoms with E-state index < -0.39 is 0 Å². The number of fused-ring (bicyclic) bond motifs is 1. The number of nitrogens with zero attached hydrogens (tertiary/aromatic N) is 6. The summed E-state index contributed by atoms with van der Waals surface area (Å²) in [4.78, 5) is 14.2. The van der Waals surface area contributed by atoms with E-state index in [1.807, 2.05) is 37.0 Å². The predicted molar refractivity (Wildman–Crippen MR) is 122 cm³/mol. The number of hydrogen-bond acceptors (Lipinski definition) is 6. The lowest BCUT2D eigenvalue weighted by atomic mass is 10.2. The molecule has 0 aliphatic rings. The standard InChI is InChI=1S/C21H21Cl2N7O/c1-24-8-9-30-18(28-20-14(22)4-6-17(31-3)19(20)23)7-5-15-21(30)27-16(11-25-15)13-10-26-29(2)12-13/h4-7,10-12,24H,8-9H2,1-3H3/b28-18+. The first-order valence-corrected chi connectivity index (χ1v) is 10.3. The highest BCUT2D eigenvalue weighted by Crippen LogP contribution is 2.39. The number of pyridine rings is 1. The Hall–Kier alpha value is -2.94. The van der Waals surface area contributed by atoms with Crippen LogP contribution in [0.5, 0.6) is 5.75 Å². The van der Waals surface area contributed by atoms with Crippen LogP contribution in [0.2, 0.25) is 10.0 Å². The van der Waals surface area contributed by atoms with Gasteiger partial charge in [-0.2, -0.15) is 5.10 Å². The normalized spacial score (nSPS) is 12.0. The average Bonchev–Trinajstić information content (AvgIpc) is 3.21. The summed E-state index contributed by atoms with van der Waals surface area (Å²) in [6.07, 6.45) is 5.41. The predicted octanol–water partition coefficient (Wildman–Crippen LogP) is 3.60. The SMILES string of the molecule is CNCCn1/c(=N/c2c(Cl)ccc(OC)c2Cl)ccc2ncc(-c3cnn(C)c3)nc21. The minimum atomic E-state index is 0.352. The minimum Gasteiger partial charge on any atom is -0.495 e. The Morgan fingerprint density at radius 3 is 2.71 bits per heavy atom. The first-order valence-electron chi connectivity index (χ1n) is 9.58. The lowest BCUT2D eigenvalue weighted by Crippen LogP contribution is -2.27. The maximum Gasteiger partial charge on any atom is 0.160 e. The molecule has 1 N–H and O–H groups in total. The third-order valence-electron chi connectivity index (χ3n) is 4.77. The Labute approximate surface area is 189 Å². The van der Waals surface area contributed by atoms with E-state index in [1.165, 1.54) is 0 Å². The van der Waals surface area contributed by atoms with E-state index >= 15 is 0 Å². The Morgan fingerprint density at radius 2 is 2.00 bits per heavy atom. The molecule has 0 saturated carbocycles. The summed E-state index contributed by atoms with van der Waals surface area (Å²) in [5.41, 5.74) is 4.17. The number of rotatable bonds is 6. The highest BCUT2D eigenvalue weighted by Gasteiger charge is 2.13. The third kappa shape index (κ3) is 4.27. The van der Waals surface area contributed by atoms with E-state index in [0.717, 1.165) is 16.8 Å². The molecule has 4 rings (SSSR count). The van der Waals surface area contributed by atoms with E-state index in [2.05, 4.69) is 15.4 Å². The van der Waals surface area contributed by atoms with Gasteiger partial charge < -0.3 is 14.6 Å². The summed E-state index contributed by atoms with van der Waals surface area (Å²) in [7, 11) is 5.31. The van der Waals surface area contributed by atoms with Crippen molar-refractivity contribution in [2.24, 2.45) is 12.0 Å². The second-order valence-corrected chi connectivity index (χ2v) is 7.62. The Morgan fingerprint density at radius 1 is 1.16 bits per heavy atom. The van der Waals surface area contributed by atoms with Crippen LogP contribution < -0.4 is 15.5 Å². The fourth-order valence-electron chi connectivity index (χ4n) is 3.19. The van der Waals surface area contributed by atoms with Crippen molar-refractivity contribution < 1.29 is 4.74 Å². The maximum atomic E-state index is 6.48. The van der Waals surface area contributed by atoms with Crippen LogP contribution in [0.1, 0.15) is 0 Å². The van der Waals surface area contributed by atoms with E-state index in [-0.39, 0.29) is 0 Å². The van der Waals surface area contributed by atoms with Crippen molar-refractivity contribution in [3.63, 3.8) is 0 Å². The van der Waals surface area contributed by atoms with Crippen molar-refractivity contribution in [3.05, 3.63) is 58.4 Å². The van der Waals surface area contributed by atoms with Gasteiger partial charge >= 0.3 is 0 Å². The van der Waals surface area contributed by atoms with Crippen LogP contribution >= 0.6 is 23.2 Å². The first-order chi connectivity index (χ1) is 15.0. The van der Waals surface area contributed by atoms with Gasteiger partial charge in [-0.3, -0.25) is 9.67 Å². The minimum absolute atomic E-state index is 0.352. The van der Waals surface area contributed by atoms with Crippen molar-refractivity contribution in [2.45, 2.75) is 6.54 Å². The van der Waals surface area contributed by atoms with Crippen molar-refractivity contribution >= 4 is 40.1 Å². The molecule has 0 aliphatic carbocycles. The number of nitrogens with one attached hydrogen (secondary N) is 1. The second kappa shape index (κ2) is 9.05. The van der Waals surface area contributed by atoms with Crippen LogP contribution in [0.25, 0.3) is 22.4 Å². The van der Waals surface area contributed by atoms with Gasteiger partial charge in [-0.15, -0.1) is 0 Å². The van der Waals surface area contributed by atoms with Crippen LogP contribution in [-0.2, 0) is 13.6 Å². The molecule has 0 atom stereocenters. The second-order valence-electron chi connectivity index (χ2n) is 6.84. The first kappa shape index (κ1) is 21.3. The molecular formula is C21H21Cl2N7O. The Bertz CT molecular complexity index is 1310. The van der Waals surface area contributed by atoms with E-state index in [9.17, 15) is 0 Å². The van der Waals surface area contributed by atoms with E-state index in [0.29, 0.717) is 45.7 Å². The molecule has 3 aromatic heterocycles. The van der Waals surface area contributed by atoms with E-state index in [4.69, 9.17) is 37.9 Å². The molecule has 8 nitrogen and oxygen atoms in total. The molecule has 0 radical (unpaired) electrons. The number of likely N-dealkylation sites (N-methyl/N-ethyl adjacent to an activating group) is 1. The zero-order chi connectivity index (χ0) is 22.0. The summed E-state index contributed by atoms with van der Waals surface area (Å²) in [5.74, 6) is 0.506. The summed E-state index contributed by atoms with van der Waals surface area (Å²) < 4.78 is 9.03. The van der Waals surface area contributed by atoms with Crippen LogP contribution in [-0.4, -0.2) is 45.0 Å². The zero-order valence-electron chi connectivity index (χ0n) is 17.3. The lowest BCUT2D eigenvalue weighted by Gasteiger charge is -2.13. The molecule has 0 spiro atoms. The summed E-state index contributed by atoms with van der Waals surface area (Å²) in [6.45, 7) is 1.34. The van der Waals surface area contributed by atoms with Gasteiger partial charge in [0.25, 0.3) is 0 Å². The van der Waals surface area contributed by atoms with Gasteiger partial charge in [0.15, 0.2) is 5.65 Å². The van der Waals surface area contributed by atoms with Crippen LogP contribution in [0.3, 0.4) is 0 Å². The lowest BCUT2D eigenvalue weighted by molar-refractivity contribution is 0.415. The molecule has 160 valence electrons. The summed E-state index contributed by atoms with van der Waals surface area (Å²) >= 11 is 12.9. The molecule has 10 heteroatoms. The smallest absolute Gasteiger partial charge is 0.160 e. The van der Waals surface area contributed by atoms with Gasteiger partial charge in [-0.1, -0.05) is 23.2 Å². The molecule has 4 aromatic rings. The molecule has 1 aromatic carbocycles. The van der Waals surface area contributed by atoms with E-state index in [1.54, 1.807) is 36.3 Å². The Kier molecular flexibility index (Phi) is 6.22. The third-order valence-corrected chi connectivity index (χ3v) is 5.44. The largest absolute Gasteiger partial charge is 0.495 e. The van der Waals surface area contributed by atoms with Crippen molar-refractivity contribution in [3.8, 4) is 17.0 Å². The summed E-state index contributed by atoms with van der Waals surface area (Å²) in [6, 6.07) is 7.18.